The summed E-state index contributed by atoms with van der Waals surface area (Å²) in [5.74, 6) is 0. The van der Waals surface area contributed by atoms with Gasteiger partial charge >= 0.3 is 0 Å². The van der Waals surface area contributed by atoms with Crippen LogP contribution in [-0.2, 0) is 9.47 Å². The van der Waals surface area contributed by atoms with E-state index in [9.17, 15) is 0 Å². The van der Waals surface area contributed by atoms with Gasteiger partial charge in [-0.1, -0.05) is 18.2 Å². The predicted molar refractivity (Wildman–Crippen MR) is 80.3 cm³/mol. The Morgan fingerprint density at radius 3 is 2.50 bits per heavy atom. The molecule has 1 aromatic rings. The topological polar surface area (TPSA) is 24.9 Å². The van der Waals surface area contributed by atoms with E-state index < -0.39 is 0 Å². The highest BCUT2D eigenvalue weighted by Gasteiger charge is 2.19. The molecule has 0 aromatic heterocycles. The van der Waals surface area contributed by atoms with Gasteiger partial charge in [-0.3, -0.25) is 4.90 Å². The molecular weight excluding hydrogens is 252 g/mol. The summed E-state index contributed by atoms with van der Waals surface area (Å²) in [5, 5.41) is 0. The molecule has 1 atom stereocenters. The average molecular weight is 276 g/mol. The SMILES string of the molecule is c1ccc(N2CCN(CCC3COCCO3)CC2)cc1. The minimum absolute atomic E-state index is 0.302. The highest BCUT2D eigenvalue weighted by molar-refractivity contribution is 5.46. The molecule has 2 saturated heterocycles. The smallest absolute Gasteiger partial charge is 0.0821 e. The zero-order valence-electron chi connectivity index (χ0n) is 12.0. The van der Waals surface area contributed by atoms with E-state index in [4.69, 9.17) is 9.47 Å². The standard InChI is InChI=1S/C16H24N2O2/c1-2-4-15(5-3-1)18-10-8-17(9-11-18)7-6-16-14-19-12-13-20-16/h1-5,16H,6-14H2. The Labute approximate surface area is 121 Å². The molecule has 3 rings (SSSR count). The van der Waals surface area contributed by atoms with Gasteiger partial charge in [0.2, 0.25) is 0 Å². The number of anilines is 1. The molecule has 2 fully saturated rings. The third kappa shape index (κ3) is 3.72. The number of rotatable bonds is 4. The lowest BCUT2D eigenvalue weighted by atomic mass is 10.2. The lowest BCUT2D eigenvalue weighted by Gasteiger charge is -2.36. The number of para-hydroxylation sites is 1. The van der Waals surface area contributed by atoms with E-state index in [-0.39, 0.29) is 0 Å². The normalized spacial score (nSPS) is 24.8. The van der Waals surface area contributed by atoms with Gasteiger partial charge in [-0.05, 0) is 18.6 Å². The highest BCUT2D eigenvalue weighted by atomic mass is 16.6. The van der Waals surface area contributed by atoms with Gasteiger partial charge in [0.05, 0.1) is 25.9 Å². The van der Waals surface area contributed by atoms with Crippen LogP contribution in [0, 0.1) is 0 Å². The van der Waals surface area contributed by atoms with Gasteiger partial charge in [-0.25, -0.2) is 0 Å². The largest absolute Gasteiger partial charge is 0.376 e. The predicted octanol–water partition coefficient (Wildman–Crippen LogP) is 1.61. The first-order valence-corrected chi connectivity index (χ1v) is 7.63. The zero-order chi connectivity index (χ0) is 13.6. The summed E-state index contributed by atoms with van der Waals surface area (Å²) < 4.78 is 11.1. The van der Waals surface area contributed by atoms with Crippen LogP contribution in [0.4, 0.5) is 5.69 Å². The summed E-state index contributed by atoms with van der Waals surface area (Å²) in [6.07, 6.45) is 1.39. The lowest BCUT2D eigenvalue weighted by Crippen LogP contribution is -2.47. The van der Waals surface area contributed by atoms with Crippen LogP contribution in [0.25, 0.3) is 0 Å². The maximum Gasteiger partial charge on any atom is 0.0821 e. The molecule has 20 heavy (non-hydrogen) atoms. The Hall–Kier alpha value is -1.10. The maximum atomic E-state index is 5.70. The summed E-state index contributed by atoms with van der Waals surface area (Å²) >= 11 is 0. The van der Waals surface area contributed by atoms with Crippen LogP contribution in [0.2, 0.25) is 0 Å². The van der Waals surface area contributed by atoms with Crippen molar-refractivity contribution in [2.45, 2.75) is 12.5 Å². The Morgan fingerprint density at radius 1 is 1.00 bits per heavy atom. The average Bonchev–Trinajstić information content (AvgIpc) is 2.55. The first-order chi connectivity index (χ1) is 9.92. The van der Waals surface area contributed by atoms with E-state index in [0.717, 1.165) is 59.0 Å². The molecule has 1 aromatic carbocycles. The fraction of sp³-hybridized carbons (Fsp3) is 0.625. The second-order valence-corrected chi connectivity index (χ2v) is 5.52. The Balaban J connectivity index is 1.40. The fourth-order valence-corrected chi connectivity index (χ4v) is 2.90. The Bertz CT molecular complexity index is 385. The molecule has 2 aliphatic rings. The summed E-state index contributed by atoms with van der Waals surface area (Å²) in [6, 6.07) is 10.7. The van der Waals surface area contributed by atoms with Gasteiger partial charge in [0.1, 0.15) is 0 Å². The molecule has 0 bridgehead atoms. The van der Waals surface area contributed by atoms with E-state index in [2.05, 4.69) is 40.1 Å². The van der Waals surface area contributed by atoms with Crippen molar-refractivity contribution in [1.29, 1.82) is 0 Å². The van der Waals surface area contributed by atoms with Crippen molar-refractivity contribution in [2.75, 3.05) is 57.4 Å². The maximum absolute atomic E-state index is 5.70. The summed E-state index contributed by atoms with van der Waals surface area (Å²) in [5.41, 5.74) is 1.34. The van der Waals surface area contributed by atoms with E-state index in [1.165, 1.54) is 5.69 Å². The van der Waals surface area contributed by atoms with Crippen molar-refractivity contribution < 1.29 is 9.47 Å². The van der Waals surface area contributed by atoms with Gasteiger partial charge in [0, 0.05) is 38.4 Å². The minimum Gasteiger partial charge on any atom is -0.376 e. The Morgan fingerprint density at radius 2 is 1.80 bits per heavy atom. The summed E-state index contributed by atoms with van der Waals surface area (Å²) in [4.78, 5) is 5.01. The number of piperazine rings is 1. The number of hydrogen-bond acceptors (Lipinski definition) is 4. The van der Waals surface area contributed by atoms with Crippen LogP contribution < -0.4 is 4.90 Å². The summed E-state index contributed by atoms with van der Waals surface area (Å²) in [6.45, 7) is 7.92. The van der Waals surface area contributed by atoms with Gasteiger partial charge < -0.3 is 14.4 Å². The molecule has 110 valence electrons. The molecule has 1 unspecified atom stereocenters. The third-order valence-corrected chi connectivity index (χ3v) is 4.15. The molecule has 0 N–H and O–H groups in total. The molecule has 4 heteroatoms. The van der Waals surface area contributed by atoms with Crippen LogP contribution in [-0.4, -0.2) is 63.5 Å². The summed E-state index contributed by atoms with van der Waals surface area (Å²) in [7, 11) is 0. The monoisotopic (exact) mass is 276 g/mol. The van der Waals surface area contributed by atoms with Gasteiger partial charge in [0.25, 0.3) is 0 Å². The second-order valence-electron chi connectivity index (χ2n) is 5.52. The van der Waals surface area contributed by atoms with Crippen LogP contribution in [0.3, 0.4) is 0 Å². The number of benzene rings is 1. The fourth-order valence-electron chi connectivity index (χ4n) is 2.90. The first kappa shape index (κ1) is 13.9. The molecule has 2 aliphatic heterocycles. The molecule has 4 nitrogen and oxygen atoms in total. The molecule has 2 heterocycles. The van der Waals surface area contributed by atoms with E-state index in [1.807, 2.05) is 0 Å². The van der Waals surface area contributed by atoms with Crippen LogP contribution in [0.5, 0.6) is 0 Å². The molecule has 0 amide bonds. The molecule has 0 radical (unpaired) electrons. The first-order valence-electron chi connectivity index (χ1n) is 7.63. The van der Waals surface area contributed by atoms with E-state index in [1.54, 1.807) is 0 Å². The van der Waals surface area contributed by atoms with Crippen molar-refractivity contribution >= 4 is 5.69 Å². The van der Waals surface area contributed by atoms with Crippen LogP contribution >= 0.6 is 0 Å². The van der Waals surface area contributed by atoms with E-state index >= 15 is 0 Å². The highest BCUT2D eigenvalue weighted by Crippen LogP contribution is 2.16. The van der Waals surface area contributed by atoms with Crippen molar-refractivity contribution in [3.8, 4) is 0 Å². The minimum atomic E-state index is 0.302. The van der Waals surface area contributed by atoms with Crippen molar-refractivity contribution in [2.24, 2.45) is 0 Å². The van der Waals surface area contributed by atoms with Gasteiger partial charge in [-0.15, -0.1) is 0 Å². The molecule has 0 aliphatic carbocycles. The molecule has 0 saturated carbocycles. The van der Waals surface area contributed by atoms with Crippen LogP contribution in [0.1, 0.15) is 6.42 Å². The lowest BCUT2D eigenvalue weighted by molar-refractivity contribution is -0.0927. The Kier molecular flexibility index (Phi) is 4.90. The van der Waals surface area contributed by atoms with E-state index in [0.29, 0.717) is 6.10 Å². The zero-order valence-corrected chi connectivity index (χ0v) is 12.0. The van der Waals surface area contributed by atoms with Crippen molar-refractivity contribution in [1.82, 2.24) is 4.90 Å². The molecule has 0 spiro atoms. The van der Waals surface area contributed by atoms with Gasteiger partial charge in [0.15, 0.2) is 0 Å². The number of nitrogens with zero attached hydrogens (tertiary/aromatic N) is 2. The van der Waals surface area contributed by atoms with Gasteiger partial charge in [-0.2, -0.15) is 0 Å². The third-order valence-electron chi connectivity index (χ3n) is 4.15. The quantitative estimate of drug-likeness (QED) is 0.834. The second kappa shape index (κ2) is 7.07. The number of hydrogen-bond donors (Lipinski definition) is 0. The number of ether oxygens (including phenoxy) is 2. The molecular formula is C16H24N2O2. The van der Waals surface area contributed by atoms with Crippen molar-refractivity contribution in [3.05, 3.63) is 30.3 Å². The van der Waals surface area contributed by atoms with Crippen LogP contribution in [0.15, 0.2) is 30.3 Å². The van der Waals surface area contributed by atoms with Crippen molar-refractivity contribution in [3.63, 3.8) is 0 Å².